The van der Waals surface area contributed by atoms with E-state index in [9.17, 15) is 9.90 Å². The van der Waals surface area contributed by atoms with Gasteiger partial charge in [0.2, 0.25) is 0 Å². The Kier molecular flexibility index (Phi) is 4.26. The van der Waals surface area contributed by atoms with Gasteiger partial charge >= 0.3 is 0 Å². The second-order valence-electron chi connectivity index (χ2n) is 7.55. The molecule has 2 heterocycles. The summed E-state index contributed by atoms with van der Waals surface area (Å²) in [5.41, 5.74) is 1.51. The van der Waals surface area contributed by atoms with Crippen molar-refractivity contribution in [1.82, 2.24) is 15.1 Å². The number of nitrogens with one attached hydrogen (secondary N) is 1. The van der Waals surface area contributed by atoms with E-state index in [1.54, 1.807) is 6.20 Å². The first-order valence-electron chi connectivity index (χ1n) is 8.49. The molecule has 0 spiro atoms. The van der Waals surface area contributed by atoms with Crippen LogP contribution in [0.1, 0.15) is 74.3 Å². The average Bonchev–Trinajstić information content (AvgIpc) is 2.99. The smallest absolute Gasteiger partial charge is 0.257 e. The number of nitrogens with zero attached hydrogens (tertiary/aromatic N) is 2. The third-order valence-corrected chi connectivity index (χ3v) is 5.37. The van der Waals surface area contributed by atoms with Crippen molar-refractivity contribution in [2.24, 2.45) is 5.41 Å². The van der Waals surface area contributed by atoms with E-state index in [4.69, 9.17) is 0 Å². The van der Waals surface area contributed by atoms with Gasteiger partial charge in [-0.3, -0.25) is 9.89 Å². The zero-order valence-electron chi connectivity index (χ0n) is 13.6. The molecule has 2 fully saturated rings. The number of aromatic nitrogens is 2. The molecule has 1 aromatic rings. The number of amides is 1. The molecule has 1 saturated heterocycles. The molecule has 1 aliphatic heterocycles. The Bertz CT molecular complexity index is 532. The quantitative estimate of drug-likeness (QED) is 0.882. The van der Waals surface area contributed by atoms with Crippen molar-refractivity contribution in [1.29, 1.82) is 0 Å². The van der Waals surface area contributed by atoms with Crippen LogP contribution in [0, 0.1) is 5.41 Å². The summed E-state index contributed by atoms with van der Waals surface area (Å²) in [6, 6.07) is 0. The number of rotatable bonds is 2. The standard InChI is InChI=1S/C17H27N3O2/c1-17(2)11-20(9-8-14(17)21)16(22)13-10-18-19-15(13)12-6-4-3-5-7-12/h10,12,14,21H,3-9,11H2,1-2H3,(H,18,19). The lowest BCUT2D eigenvalue weighted by Gasteiger charge is -2.41. The van der Waals surface area contributed by atoms with Gasteiger partial charge < -0.3 is 10.0 Å². The molecule has 2 N–H and O–H groups in total. The summed E-state index contributed by atoms with van der Waals surface area (Å²) in [6.45, 7) is 5.27. The largest absolute Gasteiger partial charge is 0.392 e. The number of aliphatic hydroxyl groups excluding tert-OH is 1. The first-order valence-corrected chi connectivity index (χ1v) is 8.49. The maximum atomic E-state index is 12.9. The summed E-state index contributed by atoms with van der Waals surface area (Å²) < 4.78 is 0. The third kappa shape index (κ3) is 2.91. The van der Waals surface area contributed by atoms with E-state index in [2.05, 4.69) is 10.2 Å². The van der Waals surface area contributed by atoms with Gasteiger partial charge in [0.15, 0.2) is 0 Å². The zero-order chi connectivity index (χ0) is 15.7. The number of hydrogen-bond donors (Lipinski definition) is 2. The number of aliphatic hydroxyl groups is 1. The Balaban J connectivity index is 1.77. The van der Waals surface area contributed by atoms with E-state index in [0.29, 0.717) is 25.4 Å². The van der Waals surface area contributed by atoms with Gasteiger partial charge in [0.05, 0.1) is 23.6 Å². The van der Waals surface area contributed by atoms with Gasteiger partial charge in [-0.15, -0.1) is 0 Å². The average molecular weight is 305 g/mol. The first kappa shape index (κ1) is 15.5. The normalized spacial score (nSPS) is 26.1. The van der Waals surface area contributed by atoms with Crippen molar-refractivity contribution in [2.45, 2.75) is 64.4 Å². The lowest BCUT2D eigenvalue weighted by molar-refractivity contribution is -0.0182. The minimum absolute atomic E-state index is 0.0642. The van der Waals surface area contributed by atoms with Gasteiger partial charge in [-0.05, 0) is 19.3 Å². The van der Waals surface area contributed by atoms with E-state index in [0.717, 1.165) is 24.1 Å². The lowest BCUT2D eigenvalue weighted by Crippen LogP contribution is -2.50. The number of hydrogen-bond acceptors (Lipinski definition) is 3. The van der Waals surface area contributed by atoms with Gasteiger partial charge in [0, 0.05) is 24.4 Å². The zero-order valence-corrected chi connectivity index (χ0v) is 13.6. The van der Waals surface area contributed by atoms with Crippen LogP contribution in [0.4, 0.5) is 0 Å². The highest BCUT2D eigenvalue weighted by Gasteiger charge is 2.37. The minimum atomic E-state index is -0.335. The van der Waals surface area contributed by atoms with E-state index in [1.165, 1.54) is 19.3 Å². The first-order chi connectivity index (χ1) is 10.5. The number of aromatic amines is 1. The van der Waals surface area contributed by atoms with Crippen molar-refractivity contribution in [3.8, 4) is 0 Å². The van der Waals surface area contributed by atoms with Crippen LogP contribution in [0.5, 0.6) is 0 Å². The van der Waals surface area contributed by atoms with Gasteiger partial charge in [-0.1, -0.05) is 33.1 Å². The fourth-order valence-electron chi connectivity index (χ4n) is 3.86. The molecule has 5 heteroatoms. The van der Waals surface area contributed by atoms with Crippen molar-refractivity contribution in [3.05, 3.63) is 17.5 Å². The van der Waals surface area contributed by atoms with Gasteiger partial charge in [0.1, 0.15) is 0 Å². The van der Waals surface area contributed by atoms with Gasteiger partial charge in [-0.2, -0.15) is 5.10 Å². The summed E-state index contributed by atoms with van der Waals surface area (Å²) in [5, 5.41) is 17.3. The van der Waals surface area contributed by atoms with Crippen LogP contribution >= 0.6 is 0 Å². The monoisotopic (exact) mass is 305 g/mol. The van der Waals surface area contributed by atoms with Crippen LogP contribution < -0.4 is 0 Å². The molecular weight excluding hydrogens is 278 g/mol. The Morgan fingerprint density at radius 2 is 2.05 bits per heavy atom. The number of carbonyl (C=O) groups excluding carboxylic acids is 1. The minimum Gasteiger partial charge on any atom is -0.392 e. The van der Waals surface area contributed by atoms with Crippen LogP contribution in [0.2, 0.25) is 0 Å². The number of carbonyl (C=O) groups is 1. The maximum absolute atomic E-state index is 12.9. The molecule has 1 aromatic heterocycles. The molecule has 3 rings (SSSR count). The van der Waals surface area contributed by atoms with Crippen molar-refractivity contribution in [3.63, 3.8) is 0 Å². The highest BCUT2D eigenvalue weighted by Crippen LogP contribution is 2.35. The summed E-state index contributed by atoms with van der Waals surface area (Å²) in [5.74, 6) is 0.507. The second-order valence-corrected chi connectivity index (χ2v) is 7.55. The molecule has 5 nitrogen and oxygen atoms in total. The maximum Gasteiger partial charge on any atom is 0.257 e. The number of H-pyrrole nitrogens is 1. The predicted octanol–water partition coefficient (Wildman–Crippen LogP) is 2.69. The molecule has 0 radical (unpaired) electrons. The fourth-order valence-corrected chi connectivity index (χ4v) is 3.86. The Morgan fingerprint density at radius 1 is 1.32 bits per heavy atom. The fraction of sp³-hybridized carbons (Fsp3) is 0.765. The summed E-state index contributed by atoms with van der Waals surface area (Å²) >= 11 is 0. The van der Waals surface area contributed by atoms with Crippen LogP contribution in [-0.4, -0.2) is 45.3 Å². The van der Waals surface area contributed by atoms with E-state index in [-0.39, 0.29) is 17.4 Å². The summed E-state index contributed by atoms with van der Waals surface area (Å²) in [7, 11) is 0. The van der Waals surface area contributed by atoms with Gasteiger partial charge in [-0.25, -0.2) is 0 Å². The Morgan fingerprint density at radius 3 is 2.73 bits per heavy atom. The Hall–Kier alpha value is -1.36. The summed E-state index contributed by atoms with van der Waals surface area (Å²) in [4.78, 5) is 14.8. The van der Waals surface area contributed by atoms with E-state index in [1.807, 2.05) is 18.7 Å². The molecule has 2 aliphatic rings. The number of likely N-dealkylation sites (tertiary alicyclic amines) is 1. The lowest BCUT2D eigenvalue weighted by atomic mass is 9.81. The third-order valence-electron chi connectivity index (χ3n) is 5.37. The molecule has 1 atom stereocenters. The molecule has 22 heavy (non-hydrogen) atoms. The highest BCUT2D eigenvalue weighted by atomic mass is 16.3. The SMILES string of the molecule is CC1(C)CN(C(=O)c2cn[nH]c2C2CCCCC2)CCC1O. The van der Waals surface area contributed by atoms with Crippen molar-refractivity contribution in [2.75, 3.05) is 13.1 Å². The molecule has 1 aliphatic carbocycles. The molecule has 122 valence electrons. The van der Waals surface area contributed by atoms with Crippen LogP contribution in [-0.2, 0) is 0 Å². The molecule has 1 amide bonds. The van der Waals surface area contributed by atoms with Gasteiger partial charge in [0.25, 0.3) is 5.91 Å². The molecule has 0 bridgehead atoms. The highest BCUT2D eigenvalue weighted by molar-refractivity contribution is 5.95. The van der Waals surface area contributed by atoms with Crippen LogP contribution in [0.15, 0.2) is 6.20 Å². The predicted molar refractivity (Wildman–Crippen MR) is 84.7 cm³/mol. The van der Waals surface area contributed by atoms with Crippen LogP contribution in [0.25, 0.3) is 0 Å². The second kappa shape index (κ2) is 6.03. The van der Waals surface area contributed by atoms with Crippen LogP contribution in [0.3, 0.4) is 0 Å². The number of piperidine rings is 1. The Labute approximate surface area is 132 Å². The molecule has 1 unspecified atom stereocenters. The van der Waals surface area contributed by atoms with Crippen molar-refractivity contribution >= 4 is 5.91 Å². The van der Waals surface area contributed by atoms with E-state index >= 15 is 0 Å². The molecule has 1 saturated carbocycles. The molecule has 0 aromatic carbocycles. The molecular formula is C17H27N3O2. The van der Waals surface area contributed by atoms with E-state index < -0.39 is 0 Å². The van der Waals surface area contributed by atoms with Crippen molar-refractivity contribution < 1.29 is 9.90 Å². The summed E-state index contributed by atoms with van der Waals surface area (Å²) in [6.07, 6.45) is 8.06. The topological polar surface area (TPSA) is 69.2 Å².